The third kappa shape index (κ3) is 3.87. The molecule has 1 saturated heterocycles. The highest BCUT2D eigenvalue weighted by atomic mass is 16.4. The molecule has 1 atom stereocenters. The van der Waals surface area contributed by atoms with Crippen LogP contribution in [0.4, 0.5) is 0 Å². The molecule has 1 aliphatic rings. The minimum absolute atomic E-state index is 0.106. The fraction of sp³-hybridized carbons (Fsp3) is 0.429. The number of nitrogens with zero attached hydrogens (tertiary/aromatic N) is 1. The van der Waals surface area contributed by atoms with Gasteiger partial charge in [0.2, 0.25) is 0 Å². The van der Waals surface area contributed by atoms with E-state index in [-0.39, 0.29) is 6.42 Å². The number of carboxylic acids is 1. The van der Waals surface area contributed by atoms with Crippen LogP contribution in [0.5, 0.6) is 0 Å². The van der Waals surface area contributed by atoms with Crippen molar-refractivity contribution in [2.24, 2.45) is 4.99 Å². The van der Waals surface area contributed by atoms with Crippen molar-refractivity contribution in [3.8, 4) is 0 Å². The quantitative estimate of drug-likeness (QED) is 0.833. The number of carboxylic acid groups (broad SMARTS) is 1. The van der Waals surface area contributed by atoms with Gasteiger partial charge in [-0.05, 0) is 18.4 Å². The van der Waals surface area contributed by atoms with Crippen LogP contribution in [0.2, 0.25) is 0 Å². The van der Waals surface area contributed by atoms with Gasteiger partial charge in [0.05, 0.1) is 18.8 Å². The number of hydrogen-bond acceptors (Lipinski definition) is 2. The van der Waals surface area contributed by atoms with Crippen LogP contribution in [0, 0.1) is 0 Å². The van der Waals surface area contributed by atoms with Crippen molar-refractivity contribution in [2.75, 3.05) is 6.54 Å². The summed E-state index contributed by atoms with van der Waals surface area (Å²) in [5.41, 5.74) is 1.32. The van der Waals surface area contributed by atoms with Crippen LogP contribution in [-0.4, -0.2) is 29.5 Å². The summed E-state index contributed by atoms with van der Waals surface area (Å²) in [4.78, 5) is 14.7. The zero-order valence-electron chi connectivity index (χ0n) is 10.3. The fourth-order valence-electron chi connectivity index (χ4n) is 2.15. The Morgan fingerprint density at radius 3 is 2.89 bits per heavy atom. The number of aliphatic carboxylic acids is 1. The van der Waals surface area contributed by atoms with Crippen molar-refractivity contribution >= 4 is 11.8 Å². The second kappa shape index (κ2) is 6.19. The smallest absolute Gasteiger partial charge is 0.305 e. The first-order chi connectivity index (χ1) is 8.74. The molecule has 1 unspecified atom stereocenters. The van der Waals surface area contributed by atoms with Gasteiger partial charge in [0, 0.05) is 12.5 Å². The van der Waals surface area contributed by atoms with Gasteiger partial charge >= 0.3 is 5.97 Å². The molecule has 0 aromatic heterocycles. The van der Waals surface area contributed by atoms with E-state index in [1.807, 2.05) is 18.2 Å². The summed E-state index contributed by atoms with van der Waals surface area (Å²) in [7, 11) is 0. The normalized spacial score (nSPS) is 20.9. The Hall–Kier alpha value is -1.84. The molecule has 2 rings (SSSR count). The number of hydrogen-bond donors (Lipinski definition) is 2. The van der Waals surface area contributed by atoms with E-state index >= 15 is 0 Å². The predicted octanol–water partition coefficient (Wildman–Crippen LogP) is 1.85. The second-order valence-corrected chi connectivity index (χ2v) is 4.54. The first-order valence-corrected chi connectivity index (χ1v) is 6.29. The Labute approximate surface area is 107 Å². The third-order valence-corrected chi connectivity index (χ3v) is 3.05. The molecule has 1 heterocycles. The van der Waals surface area contributed by atoms with Crippen molar-refractivity contribution < 1.29 is 9.90 Å². The highest BCUT2D eigenvalue weighted by molar-refractivity contribution is 5.84. The Kier molecular flexibility index (Phi) is 4.34. The standard InChI is InChI=1S/C14H18N2O2/c17-14(18)8-9-15-13-7-6-12(16-13)10-11-4-2-1-3-5-11/h1-5,12H,6-10H2,(H,15,16)(H,17,18). The first-order valence-electron chi connectivity index (χ1n) is 6.29. The SMILES string of the molecule is O=C(O)CCN=C1CCC(Cc2ccccc2)N1. The van der Waals surface area contributed by atoms with Crippen molar-refractivity contribution in [1.82, 2.24) is 5.32 Å². The van der Waals surface area contributed by atoms with Crippen molar-refractivity contribution in [2.45, 2.75) is 31.7 Å². The lowest BCUT2D eigenvalue weighted by molar-refractivity contribution is -0.136. The van der Waals surface area contributed by atoms with Gasteiger partial charge < -0.3 is 10.4 Å². The Morgan fingerprint density at radius 2 is 2.17 bits per heavy atom. The Balaban J connectivity index is 1.80. The maximum atomic E-state index is 10.4. The van der Waals surface area contributed by atoms with Crippen molar-refractivity contribution in [3.05, 3.63) is 35.9 Å². The number of aliphatic imine (C=N–C) groups is 1. The second-order valence-electron chi connectivity index (χ2n) is 4.54. The lowest BCUT2D eigenvalue weighted by atomic mass is 10.1. The molecule has 18 heavy (non-hydrogen) atoms. The summed E-state index contributed by atoms with van der Waals surface area (Å²) < 4.78 is 0. The van der Waals surface area contributed by atoms with E-state index in [0.29, 0.717) is 12.6 Å². The van der Waals surface area contributed by atoms with Crippen molar-refractivity contribution in [3.63, 3.8) is 0 Å². The van der Waals surface area contributed by atoms with E-state index in [9.17, 15) is 4.79 Å². The van der Waals surface area contributed by atoms with Crippen LogP contribution in [-0.2, 0) is 11.2 Å². The molecule has 0 radical (unpaired) electrons. The van der Waals surface area contributed by atoms with E-state index in [4.69, 9.17) is 5.11 Å². The van der Waals surface area contributed by atoms with Gasteiger partial charge in [-0.2, -0.15) is 0 Å². The first kappa shape index (κ1) is 12.6. The van der Waals surface area contributed by atoms with Gasteiger partial charge in [-0.3, -0.25) is 9.79 Å². The molecule has 1 aromatic rings. The molecule has 1 fully saturated rings. The van der Waals surface area contributed by atoms with Crippen LogP contribution in [0.25, 0.3) is 0 Å². The van der Waals surface area contributed by atoms with Crippen LogP contribution in [0.15, 0.2) is 35.3 Å². The van der Waals surface area contributed by atoms with Crippen LogP contribution in [0.1, 0.15) is 24.8 Å². The summed E-state index contributed by atoms with van der Waals surface area (Å²) in [6.45, 7) is 0.371. The lowest BCUT2D eigenvalue weighted by Crippen LogP contribution is -2.27. The van der Waals surface area contributed by atoms with E-state index in [1.54, 1.807) is 0 Å². The molecule has 4 nitrogen and oxygen atoms in total. The largest absolute Gasteiger partial charge is 0.481 e. The Bertz CT molecular complexity index is 429. The van der Waals surface area contributed by atoms with Gasteiger partial charge in [-0.25, -0.2) is 0 Å². The van der Waals surface area contributed by atoms with Crippen molar-refractivity contribution in [1.29, 1.82) is 0 Å². The van der Waals surface area contributed by atoms with Gasteiger partial charge in [-0.1, -0.05) is 30.3 Å². The monoisotopic (exact) mass is 246 g/mol. The maximum Gasteiger partial charge on any atom is 0.305 e. The van der Waals surface area contributed by atoms with Gasteiger partial charge in [0.1, 0.15) is 0 Å². The molecule has 1 aromatic carbocycles. The predicted molar refractivity (Wildman–Crippen MR) is 70.9 cm³/mol. The van der Waals surface area contributed by atoms with E-state index in [2.05, 4.69) is 22.4 Å². The molecule has 96 valence electrons. The molecule has 2 N–H and O–H groups in total. The average molecular weight is 246 g/mol. The Morgan fingerprint density at radius 1 is 1.39 bits per heavy atom. The van der Waals surface area contributed by atoms with Gasteiger partial charge in [-0.15, -0.1) is 0 Å². The van der Waals surface area contributed by atoms with Gasteiger partial charge in [0.25, 0.3) is 0 Å². The van der Waals surface area contributed by atoms with Crippen LogP contribution < -0.4 is 5.32 Å². The molecule has 0 saturated carbocycles. The minimum atomic E-state index is -0.793. The molecule has 0 bridgehead atoms. The molecular formula is C14H18N2O2. The number of rotatable bonds is 5. The van der Waals surface area contributed by atoms with Gasteiger partial charge in [0.15, 0.2) is 0 Å². The summed E-state index contributed by atoms with van der Waals surface area (Å²) in [6.07, 6.45) is 3.10. The number of carbonyl (C=O) groups is 1. The van der Waals surface area contributed by atoms with E-state index in [0.717, 1.165) is 25.1 Å². The molecule has 0 aliphatic carbocycles. The van der Waals surface area contributed by atoms with Crippen LogP contribution in [0.3, 0.4) is 0 Å². The summed E-state index contributed by atoms with van der Waals surface area (Å²) in [6, 6.07) is 10.8. The number of nitrogens with one attached hydrogen (secondary N) is 1. The zero-order chi connectivity index (χ0) is 12.8. The molecular weight excluding hydrogens is 228 g/mol. The molecule has 0 spiro atoms. The van der Waals surface area contributed by atoms with E-state index in [1.165, 1.54) is 5.56 Å². The average Bonchev–Trinajstić information content (AvgIpc) is 2.78. The highest BCUT2D eigenvalue weighted by Gasteiger charge is 2.19. The topological polar surface area (TPSA) is 61.7 Å². The molecule has 4 heteroatoms. The highest BCUT2D eigenvalue weighted by Crippen LogP contribution is 2.13. The molecule has 1 aliphatic heterocycles. The van der Waals surface area contributed by atoms with Crippen LogP contribution >= 0.6 is 0 Å². The summed E-state index contributed by atoms with van der Waals surface area (Å²) in [5, 5.41) is 11.9. The maximum absolute atomic E-state index is 10.4. The third-order valence-electron chi connectivity index (χ3n) is 3.05. The number of amidine groups is 1. The van der Waals surface area contributed by atoms with E-state index < -0.39 is 5.97 Å². The zero-order valence-corrected chi connectivity index (χ0v) is 10.3. The summed E-state index contributed by atoms with van der Waals surface area (Å²) in [5.74, 6) is 0.162. The lowest BCUT2D eigenvalue weighted by Gasteiger charge is -2.10. The summed E-state index contributed by atoms with van der Waals surface area (Å²) >= 11 is 0. The minimum Gasteiger partial charge on any atom is -0.481 e. The molecule has 0 amide bonds. The number of benzene rings is 1. The fourth-order valence-corrected chi connectivity index (χ4v) is 2.15.